The van der Waals surface area contributed by atoms with Crippen LogP contribution in [0.4, 0.5) is 0 Å². The van der Waals surface area contributed by atoms with Gasteiger partial charge in [-0.15, -0.1) is 0 Å². The smallest absolute Gasteiger partial charge is 0.353 e. The molecule has 0 aliphatic heterocycles. The summed E-state index contributed by atoms with van der Waals surface area (Å²) in [6, 6.07) is 22.3. The summed E-state index contributed by atoms with van der Waals surface area (Å²) in [6.07, 6.45) is 6.08. The number of fused-ring (bicyclic) bond motifs is 2. The van der Waals surface area contributed by atoms with E-state index in [2.05, 4.69) is 18.2 Å². The number of hydrogen-bond donors (Lipinski definition) is 1. The summed E-state index contributed by atoms with van der Waals surface area (Å²) < 4.78 is 8.09. The topological polar surface area (TPSA) is 51.5 Å². The van der Waals surface area contributed by atoms with Crippen molar-refractivity contribution >= 4 is 16.9 Å². The van der Waals surface area contributed by atoms with Gasteiger partial charge in [-0.25, -0.2) is 4.79 Å². The summed E-state index contributed by atoms with van der Waals surface area (Å²) in [5, 5.41) is 11.2. The van der Waals surface area contributed by atoms with E-state index in [1.54, 1.807) is 0 Å². The Morgan fingerprint density at radius 1 is 0.970 bits per heavy atom. The monoisotopic (exact) mass is 439 g/mol. The van der Waals surface area contributed by atoms with Crippen LogP contribution in [0.25, 0.3) is 16.6 Å². The minimum absolute atomic E-state index is 0.350. The van der Waals surface area contributed by atoms with Crippen molar-refractivity contribution in [2.45, 2.75) is 45.4 Å². The Morgan fingerprint density at radius 3 is 2.61 bits per heavy atom. The van der Waals surface area contributed by atoms with Crippen LogP contribution in [-0.4, -0.2) is 22.2 Å². The maximum atomic E-state index is 12.5. The number of hydrogen-bond acceptors (Lipinski definition) is 2. The van der Waals surface area contributed by atoms with Gasteiger partial charge in [-0.1, -0.05) is 48.5 Å². The molecule has 1 aliphatic rings. The predicted octanol–water partition coefficient (Wildman–Crippen LogP) is 6.53. The van der Waals surface area contributed by atoms with Crippen LogP contribution in [-0.2, 0) is 19.3 Å². The minimum atomic E-state index is -0.900. The average Bonchev–Trinajstić information content (AvgIpc) is 3.16. The van der Waals surface area contributed by atoms with E-state index >= 15 is 0 Å². The van der Waals surface area contributed by atoms with Crippen LogP contribution >= 0.6 is 0 Å². The van der Waals surface area contributed by atoms with Gasteiger partial charge in [0, 0.05) is 11.1 Å². The molecule has 4 heteroatoms. The summed E-state index contributed by atoms with van der Waals surface area (Å²) in [4.78, 5) is 12.5. The third kappa shape index (κ3) is 4.02. The second-order valence-corrected chi connectivity index (χ2v) is 8.82. The first-order valence-corrected chi connectivity index (χ1v) is 11.8. The van der Waals surface area contributed by atoms with Gasteiger partial charge in [0.1, 0.15) is 11.4 Å². The fourth-order valence-electron chi connectivity index (χ4n) is 5.16. The zero-order chi connectivity index (χ0) is 22.8. The molecule has 0 saturated carbocycles. The fourth-order valence-corrected chi connectivity index (χ4v) is 5.16. The van der Waals surface area contributed by atoms with Gasteiger partial charge in [0.15, 0.2) is 0 Å². The number of carboxylic acid groups (broad SMARTS) is 1. The molecule has 1 N–H and O–H groups in total. The lowest BCUT2D eigenvalue weighted by Crippen LogP contribution is -2.11. The molecule has 4 aromatic rings. The van der Waals surface area contributed by atoms with Gasteiger partial charge in [-0.2, -0.15) is 0 Å². The quantitative estimate of drug-likeness (QED) is 0.333. The van der Waals surface area contributed by atoms with Crippen LogP contribution in [0, 0.1) is 6.92 Å². The van der Waals surface area contributed by atoms with Crippen molar-refractivity contribution in [2.24, 2.45) is 0 Å². The summed E-state index contributed by atoms with van der Waals surface area (Å²) >= 11 is 0. The summed E-state index contributed by atoms with van der Waals surface area (Å²) in [6.45, 7) is 2.59. The molecule has 0 spiro atoms. The highest BCUT2D eigenvalue weighted by Gasteiger charge is 2.23. The van der Waals surface area contributed by atoms with Crippen molar-refractivity contribution in [3.8, 4) is 11.4 Å². The number of ether oxygens (including phenoxy) is 1. The van der Waals surface area contributed by atoms with Crippen LogP contribution in [0.5, 0.6) is 5.75 Å². The number of nitrogens with zero attached hydrogens (tertiary/aromatic N) is 1. The predicted molar refractivity (Wildman–Crippen MR) is 132 cm³/mol. The number of carboxylic acids is 1. The Balaban J connectivity index is 1.44. The van der Waals surface area contributed by atoms with Crippen LogP contribution < -0.4 is 4.74 Å². The molecule has 0 radical (unpaired) electrons. The lowest BCUT2D eigenvalue weighted by molar-refractivity contribution is 0.0687. The number of aromatic nitrogens is 1. The van der Waals surface area contributed by atoms with Crippen molar-refractivity contribution in [1.82, 2.24) is 4.57 Å². The van der Waals surface area contributed by atoms with Gasteiger partial charge in [0.2, 0.25) is 0 Å². The van der Waals surface area contributed by atoms with Crippen LogP contribution in [0.2, 0.25) is 0 Å². The van der Waals surface area contributed by atoms with E-state index in [4.69, 9.17) is 4.74 Å². The third-order valence-electron chi connectivity index (χ3n) is 6.72. The maximum Gasteiger partial charge on any atom is 0.353 e. The Morgan fingerprint density at radius 2 is 1.76 bits per heavy atom. The van der Waals surface area contributed by atoms with Gasteiger partial charge in [0.25, 0.3) is 0 Å². The molecule has 4 nitrogen and oxygen atoms in total. The molecule has 0 bridgehead atoms. The lowest BCUT2D eigenvalue weighted by Gasteiger charge is -2.19. The molecule has 1 aromatic heterocycles. The van der Waals surface area contributed by atoms with E-state index in [1.807, 2.05) is 60.0 Å². The first kappa shape index (κ1) is 21.3. The molecule has 1 heterocycles. The third-order valence-corrected chi connectivity index (χ3v) is 6.72. The van der Waals surface area contributed by atoms with Gasteiger partial charge in [0.05, 0.1) is 12.1 Å². The van der Waals surface area contributed by atoms with E-state index in [1.165, 1.54) is 24.0 Å². The van der Waals surface area contributed by atoms with E-state index in [0.29, 0.717) is 18.7 Å². The summed E-state index contributed by atoms with van der Waals surface area (Å²) in [5.41, 5.74) is 6.87. The second kappa shape index (κ2) is 9.14. The summed E-state index contributed by atoms with van der Waals surface area (Å²) in [7, 11) is 0. The molecule has 5 rings (SSSR count). The van der Waals surface area contributed by atoms with Gasteiger partial charge >= 0.3 is 5.97 Å². The highest BCUT2D eigenvalue weighted by atomic mass is 16.5. The van der Waals surface area contributed by atoms with E-state index in [9.17, 15) is 9.90 Å². The molecule has 33 heavy (non-hydrogen) atoms. The molecule has 168 valence electrons. The van der Waals surface area contributed by atoms with E-state index in [0.717, 1.165) is 52.7 Å². The standard InChI is InChI=1S/C29H29NO3/c1-20-10-2-6-16-25(20)30-26-17-7-5-14-23(26)24(28(30)29(31)32)15-9-19-33-27-18-8-12-21-11-3-4-13-22(21)27/h2,5-8,10,12,14,16-18H,3-4,9,11,13,15,19H2,1H3,(H,31,32). The Bertz CT molecular complexity index is 1320. The van der Waals surface area contributed by atoms with Crippen LogP contribution in [0.1, 0.15) is 52.0 Å². The average molecular weight is 440 g/mol. The molecule has 0 fully saturated rings. The van der Waals surface area contributed by atoms with Crippen LogP contribution in [0.15, 0.2) is 66.7 Å². The number of aromatic carboxylic acids is 1. The number of aryl methyl sites for hydroxylation is 3. The molecular formula is C29H29NO3. The van der Waals surface area contributed by atoms with Crippen molar-refractivity contribution in [3.05, 3.63) is 94.7 Å². The first-order valence-electron chi connectivity index (χ1n) is 11.8. The zero-order valence-electron chi connectivity index (χ0n) is 19.0. The first-order chi connectivity index (χ1) is 16.1. The van der Waals surface area contributed by atoms with Gasteiger partial charge in [-0.05, 0) is 85.9 Å². The Hall–Kier alpha value is -3.53. The zero-order valence-corrected chi connectivity index (χ0v) is 19.0. The second-order valence-electron chi connectivity index (χ2n) is 8.82. The molecule has 0 saturated heterocycles. The van der Waals surface area contributed by atoms with E-state index < -0.39 is 5.97 Å². The minimum Gasteiger partial charge on any atom is -0.493 e. The van der Waals surface area contributed by atoms with Gasteiger partial charge < -0.3 is 14.4 Å². The highest BCUT2D eigenvalue weighted by Crippen LogP contribution is 2.33. The maximum absolute atomic E-state index is 12.5. The number of para-hydroxylation sites is 2. The van der Waals surface area contributed by atoms with Crippen molar-refractivity contribution in [1.29, 1.82) is 0 Å². The summed E-state index contributed by atoms with van der Waals surface area (Å²) in [5.74, 6) is 0.0931. The largest absolute Gasteiger partial charge is 0.493 e. The SMILES string of the molecule is Cc1ccccc1-n1c(C(=O)O)c(CCCOc2cccc3c2CCCC3)c2ccccc21. The Kier molecular flexibility index (Phi) is 5.91. The number of rotatable bonds is 7. The van der Waals surface area contributed by atoms with E-state index in [-0.39, 0.29) is 0 Å². The molecule has 3 aromatic carbocycles. The number of carbonyl (C=O) groups is 1. The number of benzene rings is 3. The highest BCUT2D eigenvalue weighted by molar-refractivity contribution is 5.99. The normalized spacial score (nSPS) is 13.1. The van der Waals surface area contributed by atoms with Crippen molar-refractivity contribution in [3.63, 3.8) is 0 Å². The lowest BCUT2D eigenvalue weighted by atomic mass is 9.91. The van der Waals surface area contributed by atoms with Gasteiger partial charge in [-0.3, -0.25) is 0 Å². The van der Waals surface area contributed by atoms with Crippen LogP contribution in [0.3, 0.4) is 0 Å². The molecule has 0 amide bonds. The Labute approximate surface area is 194 Å². The van der Waals surface area contributed by atoms with Crippen molar-refractivity contribution < 1.29 is 14.6 Å². The molecule has 1 aliphatic carbocycles. The fraction of sp³-hybridized carbons (Fsp3) is 0.276. The molecule has 0 unspecified atom stereocenters. The molecular weight excluding hydrogens is 410 g/mol. The molecule has 0 atom stereocenters. The van der Waals surface area contributed by atoms with Crippen molar-refractivity contribution in [2.75, 3.05) is 6.61 Å².